The van der Waals surface area contributed by atoms with Crippen LogP contribution in [0.3, 0.4) is 0 Å². The highest BCUT2D eigenvalue weighted by atomic mass is 16.3. The summed E-state index contributed by atoms with van der Waals surface area (Å²) in [6, 6.07) is 7.36. The average Bonchev–Trinajstić information content (AvgIpc) is 2.97. The quantitative estimate of drug-likeness (QED) is 0.834. The molecule has 0 aliphatic heterocycles. The molecule has 1 aromatic carbocycles. The molecule has 0 saturated heterocycles. The van der Waals surface area contributed by atoms with Gasteiger partial charge in [0.25, 0.3) is 5.91 Å². The normalized spacial score (nSPS) is 9.70. The molecule has 1 heterocycles. The van der Waals surface area contributed by atoms with Gasteiger partial charge in [-0.2, -0.15) is 0 Å². The van der Waals surface area contributed by atoms with E-state index in [1.54, 1.807) is 18.6 Å². The van der Waals surface area contributed by atoms with Gasteiger partial charge in [-0.25, -0.2) is 0 Å². The molecule has 0 unspecified atom stereocenters. The van der Waals surface area contributed by atoms with Crippen LogP contribution in [0.25, 0.3) is 0 Å². The number of benzene rings is 1. The lowest BCUT2D eigenvalue weighted by molar-refractivity contribution is 0.0950. The third-order valence-corrected chi connectivity index (χ3v) is 2.85. The molecular formula is C16H16N2O2. The summed E-state index contributed by atoms with van der Waals surface area (Å²) >= 11 is 0. The van der Waals surface area contributed by atoms with Crippen LogP contribution in [0.4, 0.5) is 0 Å². The van der Waals surface area contributed by atoms with Gasteiger partial charge in [0.2, 0.25) is 0 Å². The predicted octanol–water partition coefficient (Wildman–Crippen LogP) is 1.83. The Balaban J connectivity index is 2.12. The summed E-state index contributed by atoms with van der Waals surface area (Å²) < 4.78 is 4.96. The summed E-state index contributed by atoms with van der Waals surface area (Å²) in [6.45, 7) is 2.64. The first-order valence-corrected chi connectivity index (χ1v) is 6.29. The standard InChI is InChI=1S/C16H16N2O2/c1-12-4-5-13(3-2-7-17)9-15(12)16(19)18-10-14-6-8-20-11-14/h4-6,8-9,11H,7,10,17H2,1H3,(H,18,19). The zero-order valence-electron chi connectivity index (χ0n) is 11.3. The van der Waals surface area contributed by atoms with E-state index in [9.17, 15) is 4.79 Å². The molecule has 1 aromatic heterocycles. The van der Waals surface area contributed by atoms with Crippen molar-refractivity contribution in [2.75, 3.05) is 6.54 Å². The Hall–Kier alpha value is -2.51. The lowest BCUT2D eigenvalue weighted by atomic mass is 10.0. The van der Waals surface area contributed by atoms with Crippen LogP contribution in [0.5, 0.6) is 0 Å². The number of hydrogen-bond donors (Lipinski definition) is 2. The lowest BCUT2D eigenvalue weighted by Gasteiger charge is -2.07. The summed E-state index contributed by atoms with van der Waals surface area (Å²) in [5, 5.41) is 2.85. The van der Waals surface area contributed by atoms with Crippen LogP contribution < -0.4 is 11.1 Å². The Labute approximate surface area is 118 Å². The zero-order valence-corrected chi connectivity index (χ0v) is 11.3. The Bertz CT molecular complexity index is 649. The van der Waals surface area contributed by atoms with E-state index in [4.69, 9.17) is 10.2 Å². The molecule has 0 radical (unpaired) electrons. The topological polar surface area (TPSA) is 68.3 Å². The van der Waals surface area contributed by atoms with Crippen LogP contribution in [-0.2, 0) is 6.54 Å². The number of nitrogens with one attached hydrogen (secondary N) is 1. The molecule has 2 aromatic rings. The number of furan rings is 1. The van der Waals surface area contributed by atoms with Gasteiger partial charge in [-0.1, -0.05) is 17.9 Å². The zero-order chi connectivity index (χ0) is 14.4. The minimum atomic E-state index is -0.125. The fraction of sp³-hybridized carbons (Fsp3) is 0.188. The minimum Gasteiger partial charge on any atom is -0.472 e. The molecule has 4 nitrogen and oxygen atoms in total. The Morgan fingerprint density at radius 3 is 2.95 bits per heavy atom. The molecule has 0 aliphatic rings. The highest BCUT2D eigenvalue weighted by molar-refractivity contribution is 5.95. The van der Waals surface area contributed by atoms with Crippen molar-refractivity contribution in [3.63, 3.8) is 0 Å². The number of rotatable bonds is 3. The second-order valence-corrected chi connectivity index (χ2v) is 4.35. The molecule has 20 heavy (non-hydrogen) atoms. The molecule has 0 aliphatic carbocycles. The van der Waals surface area contributed by atoms with Gasteiger partial charge < -0.3 is 15.5 Å². The lowest BCUT2D eigenvalue weighted by Crippen LogP contribution is -2.23. The smallest absolute Gasteiger partial charge is 0.251 e. The summed E-state index contributed by atoms with van der Waals surface area (Å²) in [5.41, 5.74) is 8.59. The molecule has 1 amide bonds. The van der Waals surface area contributed by atoms with Crippen molar-refractivity contribution in [1.29, 1.82) is 0 Å². The van der Waals surface area contributed by atoms with E-state index >= 15 is 0 Å². The molecule has 102 valence electrons. The number of carbonyl (C=O) groups excluding carboxylic acids is 1. The highest BCUT2D eigenvalue weighted by Crippen LogP contribution is 2.11. The van der Waals surface area contributed by atoms with Crippen molar-refractivity contribution in [2.24, 2.45) is 5.73 Å². The third-order valence-electron chi connectivity index (χ3n) is 2.85. The molecule has 0 atom stereocenters. The van der Waals surface area contributed by atoms with Gasteiger partial charge in [-0.3, -0.25) is 4.79 Å². The first kappa shape index (κ1) is 13.9. The van der Waals surface area contributed by atoms with Crippen LogP contribution >= 0.6 is 0 Å². The van der Waals surface area contributed by atoms with E-state index in [2.05, 4.69) is 17.2 Å². The molecular weight excluding hydrogens is 252 g/mol. The molecule has 3 N–H and O–H groups in total. The maximum Gasteiger partial charge on any atom is 0.251 e. The van der Waals surface area contributed by atoms with Gasteiger partial charge in [0, 0.05) is 23.2 Å². The van der Waals surface area contributed by atoms with Gasteiger partial charge in [0.1, 0.15) is 0 Å². The Kier molecular flexibility index (Phi) is 4.59. The summed E-state index contributed by atoms with van der Waals surface area (Å²) in [6.07, 6.45) is 3.19. The van der Waals surface area contributed by atoms with E-state index in [0.717, 1.165) is 16.7 Å². The molecule has 4 heteroatoms. The van der Waals surface area contributed by atoms with Crippen molar-refractivity contribution < 1.29 is 9.21 Å². The molecule has 0 spiro atoms. The Morgan fingerprint density at radius 2 is 2.25 bits per heavy atom. The number of carbonyl (C=O) groups is 1. The van der Waals surface area contributed by atoms with Gasteiger partial charge in [-0.15, -0.1) is 0 Å². The van der Waals surface area contributed by atoms with Crippen LogP contribution in [-0.4, -0.2) is 12.5 Å². The van der Waals surface area contributed by atoms with E-state index in [1.165, 1.54) is 0 Å². The minimum absolute atomic E-state index is 0.125. The monoisotopic (exact) mass is 268 g/mol. The van der Waals surface area contributed by atoms with Gasteiger partial charge in [0.05, 0.1) is 19.1 Å². The average molecular weight is 268 g/mol. The predicted molar refractivity (Wildman–Crippen MR) is 77.0 cm³/mol. The second-order valence-electron chi connectivity index (χ2n) is 4.35. The number of aryl methyl sites for hydroxylation is 1. The first-order valence-electron chi connectivity index (χ1n) is 6.29. The molecule has 0 bridgehead atoms. The van der Waals surface area contributed by atoms with E-state index in [-0.39, 0.29) is 5.91 Å². The fourth-order valence-corrected chi connectivity index (χ4v) is 1.77. The van der Waals surface area contributed by atoms with E-state index in [1.807, 2.05) is 25.1 Å². The van der Waals surface area contributed by atoms with E-state index < -0.39 is 0 Å². The number of hydrogen-bond acceptors (Lipinski definition) is 3. The van der Waals surface area contributed by atoms with Crippen molar-refractivity contribution in [3.05, 3.63) is 59.0 Å². The Morgan fingerprint density at radius 1 is 1.40 bits per heavy atom. The van der Waals surface area contributed by atoms with Crippen LogP contribution in [0.15, 0.2) is 41.2 Å². The fourth-order valence-electron chi connectivity index (χ4n) is 1.77. The van der Waals surface area contributed by atoms with Gasteiger partial charge in [-0.05, 0) is 30.7 Å². The summed E-state index contributed by atoms with van der Waals surface area (Å²) in [7, 11) is 0. The first-order chi connectivity index (χ1) is 9.70. The van der Waals surface area contributed by atoms with Crippen LogP contribution in [0, 0.1) is 18.8 Å². The highest BCUT2D eigenvalue weighted by Gasteiger charge is 2.09. The van der Waals surface area contributed by atoms with Gasteiger partial charge >= 0.3 is 0 Å². The van der Waals surface area contributed by atoms with Crippen LogP contribution in [0.1, 0.15) is 27.0 Å². The summed E-state index contributed by atoms with van der Waals surface area (Å²) in [4.78, 5) is 12.2. The molecule has 0 fully saturated rings. The maximum atomic E-state index is 12.2. The number of nitrogens with two attached hydrogens (primary N) is 1. The molecule has 0 saturated carbocycles. The number of amides is 1. The molecule has 2 rings (SSSR count). The largest absolute Gasteiger partial charge is 0.472 e. The van der Waals surface area contributed by atoms with Crippen molar-refractivity contribution in [3.8, 4) is 11.8 Å². The SMILES string of the molecule is Cc1ccc(C#CCN)cc1C(=O)NCc1ccoc1. The van der Waals surface area contributed by atoms with Crippen molar-refractivity contribution >= 4 is 5.91 Å². The summed E-state index contributed by atoms with van der Waals surface area (Å²) in [5.74, 6) is 5.58. The second kappa shape index (κ2) is 6.60. The van der Waals surface area contributed by atoms with E-state index in [0.29, 0.717) is 18.7 Å². The van der Waals surface area contributed by atoms with Crippen molar-refractivity contribution in [1.82, 2.24) is 5.32 Å². The van der Waals surface area contributed by atoms with Crippen molar-refractivity contribution in [2.45, 2.75) is 13.5 Å². The third kappa shape index (κ3) is 3.50. The van der Waals surface area contributed by atoms with Gasteiger partial charge in [0.15, 0.2) is 0 Å². The maximum absolute atomic E-state index is 12.2. The van der Waals surface area contributed by atoms with Crippen LogP contribution in [0.2, 0.25) is 0 Å².